The maximum Gasteiger partial charge on any atom is 0.261 e. The van der Waals surface area contributed by atoms with Gasteiger partial charge in [0.25, 0.3) is 11.8 Å². The van der Waals surface area contributed by atoms with Crippen LogP contribution in [0.3, 0.4) is 0 Å². The Kier molecular flexibility index (Phi) is 5.37. The van der Waals surface area contributed by atoms with Crippen molar-refractivity contribution in [2.24, 2.45) is 0 Å². The highest BCUT2D eigenvalue weighted by atomic mass is 16.2. The molecule has 31 heavy (non-hydrogen) atoms. The Morgan fingerprint density at radius 2 is 1.52 bits per heavy atom. The lowest BCUT2D eigenvalue weighted by molar-refractivity contribution is -0.139. The zero-order chi connectivity index (χ0) is 22.1. The van der Waals surface area contributed by atoms with E-state index < -0.39 is 0 Å². The van der Waals surface area contributed by atoms with E-state index in [4.69, 9.17) is 0 Å². The molecular formula is C23H21N3O5. The van der Waals surface area contributed by atoms with Gasteiger partial charge in [0.2, 0.25) is 17.7 Å². The molecule has 2 aromatic carbocycles. The van der Waals surface area contributed by atoms with Gasteiger partial charge < -0.3 is 5.32 Å². The van der Waals surface area contributed by atoms with Crippen LogP contribution in [0.1, 0.15) is 51.1 Å². The smallest absolute Gasteiger partial charge is 0.261 e. The Bertz CT molecular complexity index is 1090. The first-order chi connectivity index (χ1) is 14.8. The van der Waals surface area contributed by atoms with Crippen molar-refractivity contribution >= 4 is 35.2 Å². The van der Waals surface area contributed by atoms with Crippen LogP contribution in [0.5, 0.6) is 0 Å². The van der Waals surface area contributed by atoms with Crippen molar-refractivity contribution in [2.75, 3.05) is 11.9 Å². The number of fused-ring (bicyclic) bond motifs is 1. The van der Waals surface area contributed by atoms with Crippen molar-refractivity contribution in [3.8, 4) is 0 Å². The van der Waals surface area contributed by atoms with E-state index in [9.17, 15) is 24.0 Å². The number of nitrogens with zero attached hydrogens (tertiary/aromatic N) is 2. The molecule has 2 aliphatic heterocycles. The summed E-state index contributed by atoms with van der Waals surface area (Å²) in [5.41, 5.74) is 2.95. The Morgan fingerprint density at radius 1 is 0.871 bits per heavy atom. The molecule has 0 saturated carbocycles. The molecule has 0 aliphatic carbocycles. The zero-order valence-electron chi connectivity index (χ0n) is 17.0. The number of amides is 5. The van der Waals surface area contributed by atoms with Gasteiger partial charge in [-0.05, 0) is 36.8 Å². The van der Waals surface area contributed by atoms with Gasteiger partial charge in [-0.15, -0.1) is 0 Å². The van der Waals surface area contributed by atoms with Crippen molar-refractivity contribution < 1.29 is 24.0 Å². The van der Waals surface area contributed by atoms with E-state index in [1.54, 1.807) is 42.5 Å². The van der Waals surface area contributed by atoms with Crippen LogP contribution in [0.4, 0.5) is 5.69 Å². The molecule has 8 nitrogen and oxygen atoms in total. The summed E-state index contributed by atoms with van der Waals surface area (Å²) in [7, 11) is 0. The lowest BCUT2D eigenvalue weighted by Crippen LogP contribution is -2.32. The summed E-state index contributed by atoms with van der Waals surface area (Å²) in [6, 6.07) is 11.9. The average Bonchev–Trinajstić information content (AvgIpc) is 3.18. The lowest BCUT2D eigenvalue weighted by atomic mass is 10.1. The second-order valence-electron chi connectivity index (χ2n) is 7.68. The first-order valence-electron chi connectivity index (χ1n) is 10.0. The van der Waals surface area contributed by atoms with Crippen LogP contribution in [0.2, 0.25) is 0 Å². The van der Waals surface area contributed by atoms with Crippen LogP contribution in [-0.2, 0) is 20.9 Å². The van der Waals surface area contributed by atoms with Gasteiger partial charge in [-0.3, -0.25) is 33.8 Å². The number of hydrogen-bond donors (Lipinski definition) is 1. The highest BCUT2D eigenvalue weighted by Gasteiger charge is 2.35. The molecule has 2 aromatic rings. The van der Waals surface area contributed by atoms with Crippen molar-refractivity contribution in [3.05, 3.63) is 64.7 Å². The fraction of sp³-hybridized carbons (Fsp3) is 0.261. The van der Waals surface area contributed by atoms with Gasteiger partial charge in [-0.2, -0.15) is 0 Å². The van der Waals surface area contributed by atoms with Crippen molar-refractivity contribution in [3.63, 3.8) is 0 Å². The number of rotatable bonds is 6. The summed E-state index contributed by atoms with van der Waals surface area (Å²) in [5.74, 6) is -1.45. The number of aryl methyl sites for hydroxylation is 1. The van der Waals surface area contributed by atoms with E-state index in [1.165, 1.54) is 4.90 Å². The van der Waals surface area contributed by atoms with E-state index in [1.807, 2.05) is 6.92 Å². The van der Waals surface area contributed by atoms with Crippen LogP contribution in [0.15, 0.2) is 42.5 Å². The summed E-state index contributed by atoms with van der Waals surface area (Å²) in [5, 5.41) is 2.73. The molecule has 158 valence electrons. The number of carbonyl (C=O) groups is 5. The fourth-order valence-electron chi connectivity index (χ4n) is 3.72. The fourth-order valence-corrected chi connectivity index (χ4v) is 3.72. The van der Waals surface area contributed by atoms with Crippen LogP contribution in [0.25, 0.3) is 0 Å². The Hall–Kier alpha value is -3.81. The topological polar surface area (TPSA) is 104 Å². The number of nitrogens with one attached hydrogen (secondary N) is 1. The summed E-state index contributed by atoms with van der Waals surface area (Å²) in [4.78, 5) is 63.0. The third-order valence-corrected chi connectivity index (χ3v) is 5.42. The lowest BCUT2D eigenvalue weighted by Gasteiger charge is -2.15. The maximum absolute atomic E-state index is 12.5. The molecule has 1 fully saturated rings. The summed E-state index contributed by atoms with van der Waals surface area (Å²) < 4.78 is 0. The normalized spacial score (nSPS) is 15.6. The second-order valence-corrected chi connectivity index (χ2v) is 7.68. The van der Waals surface area contributed by atoms with Crippen molar-refractivity contribution in [2.45, 2.75) is 32.7 Å². The number of benzene rings is 2. The van der Waals surface area contributed by atoms with Crippen LogP contribution in [-0.4, -0.2) is 45.9 Å². The molecular weight excluding hydrogens is 398 g/mol. The molecule has 0 radical (unpaired) electrons. The highest BCUT2D eigenvalue weighted by Crippen LogP contribution is 2.24. The number of hydrogen-bond acceptors (Lipinski definition) is 5. The maximum atomic E-state index is 12.5. The van der Waals surface area contributed by atoms with E-state index in [2.05, 4.69) is 5.32 Å². The third kappa shape index (κ3) is 4.09. The quantitative estimate of drug-likeness (QED) is 0.724. The first kappa shape index (κ1) is 20.5. The number of carbonyl (C=O) groups excluding carboxylic acids is 5. The molecule has 4 rings (SSSR count). The largest absolute Gasteiger partial charge is 0.326 e. The minimum Gasteiger partial charge on any atom is -0.326 e. The molecule has 0 atom stereocenters. The van der Waals surface area contributed by atoms with Crippen LogP contribution < -0.4 is 5.32 Å². The van der Waals surface area contributed by atoms with E-state index >= 15 is 0 Å². The molecule has 8 heteroatoms. The monoisotopic (exact) mass is 419 g/mol. The SMILES string of the molecule is Cc1ccc2c(c1)C(=O)N(CCC(=O)Nc1ccc(CN3C(=O)CCC3=O)cc1)C2=O. The second kappa shape index (κ2) is 8.14. The van der Waals surface area contributed by atoms with Gasteiger partial charge in [-0.25, -0.2) is 0 Å². The standard InChI is InChI=1S/C23H21N3O5/c1-14-2-7-17-18(12-14)23(31)25(22(17)30)11-10-19(27)24-16-5-3-15(4-6-16)13-26-20(28)8-9-21(26)29/h2-7,12H,8-11,13H2,1H3,(H,24,27). The summed E-state index contributed by atoms with van der Waals surface area (Å²) in [6.45, 7) is 2.06. The summed E-state index contributed by atoms with van der Waals surface area (Å²) in [6.07, 6.45) is 0.475. The minimum atomic E-state index is -0.386. The molecule has 1 N–H and O–H groups in total. The first-order valence-corrected chi connectivity index (χ1v) is 10.0. The molecule has 5 amide bonds. The molecule has 1 saturated heterocycles. The molecule has 0 bridgehead atoms. The van der Waals surface area contributed by atoms with Gasteiger partial charge in [0.1, 0.15) is 0 Å². The predicted octanol–water partition coefficient (Wildman–Crippen LogP) is 2.27. The Balaban J connectivity index is 1.31. The van der Waals surface area contributed by atoms with Gasteiger partial charge >= 0.3 is 0 Å². The van der Waals surface area contributed by atoms with Crippen LogP contribution in [0, 0.1) is 6.92 Å². The highest BCUT2D eigenvalue weighted by molar-refractivity contribution is 6.21. The van der Waals surface area contributed by atoms with Crippen molar-refractivity contribution in [1.29, 1.82) is 0 Å². The Labute approximate surface area is 178 Å². The molecule has 2 heterocycles. The van der Waals surface area contributed by atoms with Crippen LogP contribution >= 0.6 is 0 Å². The predicted molar refractivity (Wildman–Crippen MR) is 111 cm³/mol. The van der Waals surface area contributed by atoms with Crippen molar-refractivity contribution in [1.82, 2.24) is 9.80 Å². The molecule has 0 unspecified atom stereocenters. The van der Waals surface area contributed by atoms with Gasteiger partial charge in [-0.1, -0.05) is 23.8 Å². The number of imide groups is 2. The summed E-state index contributed by atoms with van der Waals surface area (Å²) >= 11 is 0. The van der Waals surface area contributed by atoms with Gasteiger partial charge in [0.15, 0.2) is 0 Å². The molecule has 0 aromatic heterocycles. The third-order valence-electron chi connectivity index (χ3n) is 5.42. The van der Waals surface area contributed by atoms with E-state index in [0.29, 0.717) is 16.8 Å². The van der Waals surface area contributed by atoms with E-state index in [-0.39, 0.29) is 61.9 Å². The Morgan fingerprint density at radius 3 is 2.19 bits per heavy atom. The minimum absolute atomic E-state index is 0.00546. The number of anilines is 1. The van der Waals surface area contributed by atoms with Gasteiger partial charge in [0, 0.05) is 31.5 Å². The molecule has 2 aliphatic rings. The van der Waals surface area contributed by atoms with Gasteiger partial charge in [0.05, 0.1) is 17.7 Å². The average molecular weight is 419 g/mol. The molecule has 0 spiro atoms. The zero-order valence-corrected chi connectivity index (χ0v) is 17.0. The van der Waals surface area contributed by atoms with E-state index in [0.717, 1.165) is 16.0 Å². The number of likely N-dealkylation sites (tertiary alicyclic amines) is 1.